The number of hydrogen-bond donors (Lipinski definition) is 1. The first-order chi connectivity index (χ1) is 6.93. The average Bonchev–Trinajstić information content (AvgIpc) is 2.25. The van der Waals surface area contributed by atoms with Gasteiger partial charge in [-0.25, -0.2) is 0 Å². The van der Waals surface area contributed by atoms with E-state index in [1.54, 1.807) is 0 Å². The molecule has 78 valence electrons. The van der Waals surface area contributed by atoms with Gasteiger partial charge < -0.3 is 4.84 Å². The molecular weight excluding hydrogens is 174 g/mol. The fraction of sp³-hybridized carbons (Fsp3) is 0.500. The Morgan fingerprint density at radius 3 is 2.57 bits per heavy atom. The van der Waals surface area contributed by atoms with Gasteiger partial charge in [-0.05, 0) is 18.6 Å². The molecule has 14 heavy (non-hydrogen) atoms. The van der Waals surface area contributed by atoms with Crippen LogP contribution in [0, 0.1) is 0 Å². The van der Waals surface area contributed by atoms with Crippen LogP contribution in [0.25, 0.3) is 0 Å². The van der Waals surface area contributed by atoms with Crippen LogP contribution in [0.2, 0.25) is 0 Å². The normalized spacial score (nSPS) is 10.1. The highest BCUT2D eigenvalue weighted by molar-refractivity contribution is 5.20. The largest absolute Gasteiger partial charge is 0.409 e. The van der Waals surface area contributed by atoms with Gasteiger partial charge >= 0.3 is 0 Å². The highest BCUT2D eigenvalue weighted by Crippen LogP contribution is 2.06. The highest BCUT2D eigenvalue weighted by atomic mass is 16.6. The molecule has 0 heterocycles. The van der Waals surface area contributed by atoms with Crippen LogP contribution in [0.15, 0.2) is 30.3 Å². The Bertz CT molecular complexity index is 223. The fourth-order valence-electron chi connectivity index (χ4n) is 1.25. The average molecular weight is 193 g/mol. The molecule has 0 radical (unpaired) electrons. The van der Waals surface area contributed by atoms with Crippen LogP contribution in [0.3, 0.4) is 0 Å². The summed E-state index contributed by atoms with van der Waals surface area (Å²) in [6, 6.07) is 9.80. The van der Waals surface area contributed by atoms with E-state index >= 15 is 0 Å². The van der Waals surface area contributed by atoms with Crippen LogP contribution in [0.1, 0.15) is 32.6 Å². The lowest BCUT2D eigenvalue weighted by molar-refractivity contribution is 0.193. The summed E-state index contributed by atoms with van der Waals surface area (Å²) in [4.78, 5) is 5.34. The number of rotatable bonds is 7. The minimum atomic E-state index is 0.878. The van der Waals surface area contributed by atoms with Gasteiger partial charge in [-0.2, -0.15) is 5.48 Å². The molecule has 0 saturated heterocycles. The monoisotopic (exact) mass is 193 g/mol. The van der Waals surface area contributed by atoms with Crippen molar-refractivity contribution < 1.29 is 4.84 Å². The van der Waals surface area contributed by atoms with E-state index in [4.69, 9.17) is 4.84 Å². The Morgan fingerprint density at radius 1 is 1.07 bits per heavy atom. The second-order valence-corrected chi connectivity index (χ2v) is 3.37. The van der Waals surface area contributed by atoms with Crippen LogP contribution >= 0.6 is 0 Å². The van der Waals surface area contributed by atoms with Gasteiger partial charge in [0.1, 0.15) is 5.75 Å². The van der Waals surface area contributed by atoms with Crippen LogP contribution in [0.4, 0.5) is 0 Å². The fourth-order valence-corrected chi connectivity index (χ4v) is 1.25. The Morgan fingerprint density at radius 2 is 1.86 bits per heavy atom. The Balaban J connectivity index is 1.99. The lowest BCUT2D eigenvalue weighted by atomic mass is 10.2. The summed E-state index contributed by atoms with van der Waals surface area (Å²) in [6.07, 6.45) is 5.05. The van der Waals surface area contributed by atoms with E-state index < -0.39 is 0 Å². The number of unbranched alkanes of at least 4 members (excludes halogenated alkanes) is 3. The topological polar surface area (TPSA) is 21.3 Å². The predicted molar refractivity (Wildman–Crippen MR) is 59.2 cm³/mol. The third kappa shape index (κ3) is 4.87. The summed E-state index contributed by atoms with van der Waals surface area (Å²) in [6.45, 7) is 3.14. The maximum absolute atomic E-state index is 5.34. The number of para-hydroxylation sites is 1. The second kappa shape index (κ2) is 7.39. The molecule has 0 aliphatic rings. The zero-order valence-electron chi connectivity index (χ0n) is 8.83. The molecule has 1 aromatic rings. The summed E-state index contributed by atoms with van der Waals surface area (Å²) in [5.41, 5.74) is 2.96. The molecule has 0 aromatic heterocycles. The summed E-state index contributed by atoms with van der Waals surface area (Å²) < 4.78 is 0. The van der Waals surface area contributed by atoms with E-state index in [1.165, 1.54) is 25.7 Å². The maximum atomic E-state index is 5.34. The quantitative estimate of drug-likeness (QED) is 0.530. The number of benzene rings is 1. The van der Waals surface area contributed by atoms with Crippen molar-refractivity contribution in [3.8, 4) is 5.75 Å². The molecule has 1 N–H and O–H groups in total. The first kappa shape index (κ1) is 11.1. The standard InChI is InChI=1S/C12H19NO/c1-2-3-4-8-11-13-14-12-9-6-5-7-10-12/h5-7,9-10,13H,2-4,8,11H2,1H3. The zero-order chi connectivity index (χ0) is 10.1. The van der Waals surface area contributed by atoms with Crippen LogP contribution in [-0.4, -0.2) is 6.54 Å². The van der Waals surface area contributed by atoms with Gasteiger partial charge in [-0.15, -0.1) is 0 Å². The number of hydroxylamine groups is 1. The highest BCUT2D eigenvalue weighted by Gasteiger charge is 1.90. The van der Waals surface area contributed by atoms with Crippen molar-refractivity contribution in [2.24, 2.45) is 0 Å². The maximum Gasteiger partial charge on any atom is 0.147 e. The Hall–Kier alpha value is -1.02. The van der Waals surface area contributed by atoms with Gasteiger partial charge in [0.2, 0.25) is 0 Å². The summed E-state index contributed by atoms with van der Waals surface area (Å²) in [5, 5.41) is 0. The molecule has 0 bridgehead atoms. The van der Waals surface area contributed by atoms with E-state index in [0.29, 0.717) is 0 Å². The van der Waals surface area contributed by atoms with Crippen molar-refractivity contribution in [3.05, 3.63) is 30.3 Å². The second-order valence-electron chi connectivity index (χ2n) is 3.37. The predicted octanol–water partition coefficient (Wildman–Crippen LogP) is 3.15. The Labute approximate surface area is 86.2 Å². The molecule has 0 atom stereocenters. The Kier molecular flexibility index (Phi) is 5.84. The molecule has 0 fully saturated rings. The van der Waals surface area contributed by atoms with Gasteiger partial charge in [0.15, 0.2) is 0 Å². The van der Waals surface area contributed by atoms with E-state index in [-0.39, 0.29) is 0 Å². The van der Waals surface area contributed by atoms with Crippen molar-refractivity contribution in [1.82, 2.24) is 5.48 Å². The smallest absolute Gasteiger partial charge is 0.147 e. The minimum absolute atomic E-state index is 0.878. The van der Waals surface area contributed by atoms with Crippen LogP contribution < -0.4 is 10.3 Å². The van der Waals surface area contributed by atoms with Crippen molar-refractivity contribution in [1.29, 1.82) is 0 Å². The van der Waals surface area contributed by atoms with Crippen LogP contribution in [-0.2, 0) is 0 Å². The van der Waals surface area contributed by atoms with E-state index in [2.05, 4.69) is 12.4 Å². The molecule has 0 unspecified atom stereocenters. The van der Waals surface area contributed by atoms with E-state index in [0.717, 1.165) is 12.3 Å². The first-order valence-corrected chi connectivity index (χ1v) is 5.38. The number of hydrogen-bond acceptors (Lipinski definition) is 2. The third-order valence-electron chi connectivity index (χ3n) is 2.07. The van der Waals surface area contributed by atoms with Crippen molar-refractivity contribution in [2.45, 2.75) is 32.6 Å². The molecule has 0 spiro atoms. The van der Waals surface area contributed by atoms with Gasteiger partial charge in [0.25, 0.3) is 0 Å². The van der Waals surface area contributed by atoms with Crippen LogP contribution in [0.5, 0.6) is 5.75 Å². The summed E-state index contributed by atoms with van der Waals surface area (Å²) >= 11 is 0. The molecule has 0 aliphatic heterocycles. The molecular formula is C12H19NO. The van der Waals surface area contributed by atoms with Crippen molar-refractivity contribution in [3.63, 3.8) is 0 Å². The van der Waals surface area contributed by atoms with E-state index in [9.17, 15) is 0 Å². The van der Waals surface area contributed by atoms with Gasteiger partial charge in [0.05, 0.1) is 0 Å². The molecule has 1 aromatic carbocycles. The molecule has 0 amide bonds. The number of nitrogens with one attached hydrogen (secondary N) is 1. The molecule has 1 rings (SSSR count). The lowest BCUT2D eigenvalue weighted by Gasteiger charge is -2.06. The lowest BCUT2D eigenvalue weighted by Crippen LogP contribution is -2.19. The third-order valence-corrected chi connectivity index (χ3v) is 2.07. The minimum Gasteiger partial charge on any atom is -0.409 e. The van der Waals surface area contributed by atoms with Crippen molar-refractivity contribution >= 4 is 0 Å². The van der Waals surface area contributed by atoms with Gasteiger partial charge in [-0.3, -0.25) is 0 Å². The molecule has 2 heteroatoms. The summed E-state index contributed by atoms with van der Waals surface area (Å²) in [7, 11) is 0. The van der Waals surface area contributed by atoms with Crippen molar-refractivity contribution in [2.75, 3.05) is 6.54 Å². The molecule has 0 saturated carbocycles. The molecule has 0 aliphatic carbocycles. The van der Waals surface area contributed by atoms with E-state index in [1.807, 2.05) is 30.3 Å². The molecule has 2 nitrogen and oxygen atoms in total. The summed E-state index contributed by atoms with van der Waals surface area (Å²) in [5.74, 6) is 0.878. The first-order valence-electron chi connectivity index (χ1n) is 5.38. The van der Waals surface area contributed by atoms with Gasteiger partial charge in [0, 0.05) is 6.54 Å². The SMILES string of the molecule is CCCCCCNOc1ccccc1. The zero-order valence-corrected chi connectivity index (χ0v) is 8.83. The van der Waals surface area contributed by atoms with Gasteiger partial charge in [-0.1, -0.05) is 44.4 Å².